The van der Waals surface area contributed by atoms with Gasteiger partial charge < -0.3 is 10.4 Å². The predicted molar refractivity (Wildman–Crippen MR) is 78.6 cm³/mol. The Morgan fingerprint density at radius 2 is 2.00 bits per heavy atom. The average Bonchev–Trinajstić information content (AvgIpc) is 2.46. The molecule has 0 radical (unpaired) electrons. The number of amides is 1. The maximum atomic E-state index is 12.2. The minimum Gasteiger partial charge on any atom is -0.481 e. The van der Waals surface area contributed by atoms with Gasteiger partial charge in [0.25, 0.3) is 0 Å². The summed E-state index contributed by atoms with van der Waals surface area (Å²) in [5, 5.41) is 12.0. The lowest BCUT2D eigenvalue weighted by atomic mass is 9.94. The van der Waals surface area contributed by atoms with Crippen molar-refractivity contribution in [1.29, 1.82) is 0 Å². The number of rotatable bonds is 4. The van der Waals surface area contributed by atoms with Crippen molar-refractivity contribution >= 4 is 23.6 Å². The van der Waals surface area contributed by atoms with Gasteiger partial charge in [0.15, 0.2) is 0 Å². The summed E-state index contributed by atoms with van der Waals surface area (Å²) in [6, 6.07) is 8.03. The molecule has 4 nitrogen and oxygen atoms in total. The number of carbonyl (C=O) groups is 2. The third-order valence-corrected chi connectivity index (χ3v) is 4.95. The predicted octanol–water partition coefficient (Wildman–Crippen LogP) is 2.70. The molecule has 1 aliphatic rings. The molecule has 1 aromatic carbocycles. The van der Waals surface area contributed by atoms with E-state index >= 15 is 0 Å². The van der Waals surface area contributed by atoms with E-state index in [-0.39, 0.29) is 11.9 Å². The largest absolute Gasteiger partial charge is 0.481 e. The summed E-state index contributed by atoms with van der Waals surface area (Å²) in [5.74, 6) is -1.37. The van der Waals surface area contributed by atoms with E-state index in [0.717, 1.165) is 17.7 Å². The summed E-state index contributed by atoms with van der Waals surface area (Å²) in [6.07, 6.45) is 0.877. The Balaban J connectivity index is 2.08. The molecular weight excluding hydrogens is 274 g/mol. The number of hydrogen-bond acceptors (Lipinski definition) is 3. The maximum absolute atomic E-state index is 12.2. The molecule has 1 amide bonds. The molecule has 3 unspecified atom stereocenters. The van der Waals surface area contributed by atoms with E-state index in [1.54, 1.807) is 25.6 Å². The van der Waals surface area contributed by atoms with E-state index in [4.69, 9.17) is 5.11 Å². The van der Waals surface area contributed by atoms with Crippen LogP contribution in [-0.2, 0) is 9.59 Å². The second kappa shape index (κ2) is 6.31. The Kier molecular flexibility index (Phi) is 4.70. The molecule has 108 valence electrons. The standard InChI is InChI=1S/C15H19NO3S/c1-9(10(2)15(18)19)14(17)16-12-7-8-20-13-6-4-3-5-11(12)13/h3-6,9-10,12H,7-8H2,1-2H3,(H,16,17)(H,18,19). The van der Waals surface area contributed by atoms with Gasteiger partial charge >= 0.3 is 5.97 Å². The fourth-order valence-electron chi connectivity index (χ4n) is 2.24. The SMILES string of the molecule is CC(C(=O)O)C(C)C(=O)NC1CCSc2ccccc21. The van der Waals surface area contributed by atoms with Gasteiger partial charge in [0.2, 0.25) is 5.91 Å². The van der Waals surface area contributed by atoms with Gasteiger partial charge in [-0.15, -0.1) is 11.8 Å². The van der Waals surface area contributed by atoms with Gasteiger partial charge in [-0.05, 0) is 18.1 Å². The van der Waals surface area contributed by atoms with E-state index in [0.29, 0.717) is 0 Å². The second-order valence-electron chi connectivity index (χ2n) is 5.15. The molecule has 0 bridgehead atoms. The summed E-state index contributed by atoms with van der Waals surface area (Å²) >= 11 is 1.79. The molecule has 0 fully saturated rings. The van der Waals surface area contributed by atoms with Crippen molar-refractivity contribution in [3.05, 3.63) is 29.8 Å². The normalized spacial score (nSPS) is 20.6. The van der Waals surface area contributed by atoms with E-state index in [1.165, 1.54) is 4.90 Å². The lowest BCUT2D eigenvalue weighted by Gasteiger charge is -2.27. The number of thioether (sulfide) groups is 1. The molecule has 3 atom stereocenters. The first-order valence-corrected chi connectivity index (χ1v) is 7.74. The van der Waals surface area contributed by atoms with Crippen molar-refractivity contribution in [3.8, 4) is 0 Å². The summed E-state index contributed by atoms with van der Waals surface area (Å²) in [4.78, 5) is 24.3. The summed E-state index contributed by atoms with van der Waals surface area (Å²) in [7, 11) is 0. The van der Waals surface area contributed by atoms with Crippen molar-refractivity contribution in [2.45, 2.75) is 31.2 Å². The Labute approximate surface area is 123 Å². The van der Waals surface area contributed by atoms with Gasteiger partial charge in [-0.3, -0.25) is 9.59 Å². The quantitative estimate of drug-likeness (QED) is 0.895. The summed E-state index contributed by atoms with van der Waals surface area (Å²) in [5.41, 5.74) is 1.13. The Morgan fingerprint density at radius 3 is 2.70 bits per heavy atom. The van der Waals surface area contributed by atoms with Gasteiger partial charge in [-0.1, -0.05) is 32.0 Å². The molecule has 2 rings (SSSR count). The monoisotopic (exact) mass is 293 g/mol. The van der Waals surface area contributed by atoms with Gasteiger partial charge in [-0.2, -0.15) is 0 Å². The molecular formula is C15H19NO3S. The zero-order valence-electron chi connectivity index (χ0n) is 11.6. The van der Waals surface area contributed by atoms with Crippen LogP contribution in [0.5, 0.6) is 0 Å². The van der Waals surface area contributed by atoms with Gasteiger partial charge in [0.1, 0.15) is 0 Å². The van der Waals surface area contributed by atoms with Crippen molar-refractivity contribution in [3.63, 3.8) is 0 Å². The van der Waals surface area contributed by atoms with Crippen LogP contribution in [0.2, 0.25) is 0 Å². The molecule has 0 saturated carbocycles. The zero-order valence-corrected chi connectivity index (χ0v) is 12.4. The number of fused-ring (bicyclic) bond motifs is 1. The number of carbonyl (C=O) groups excluding carboxylic acids is 1. The first-order valence-electron chi connectivity index (χ1n) is 6.75. The molecule has 0 saturated heterocycles. The van der Waals surface area contributed by atoms with Crippen LogP contribution in [0.15, 0.2) is 29.2 Å². The van der Waals surface area contributed by atoms with Crippen molar-refractivity contribution in [2.75, 3.05) is 5.75 Å². The highest BCUT2D eigenvalue weighted by Crippen LogP contribution is 2.36. The van der Waals surface area contributed by atoms with Crippen molar-refractivity contribution in [2.24, 2.45) is 11.8 Å². The highest BCUT2D eigenvalue weighted by Gasteiger charge is 2.29. The Hall–Kier alpha value is -1.49. The number of benzene rings is 1. The first kappa shape index (κ1) is 14.9. The fraction of sp³-hybridized carbons (Fsp3) is 0.467. The fourth-order valence-corrected chi connectivity index (χ4v) is 3.36. The van der Waals surface area contributed by atoms with Crippen LogP contribution in [0.3, 0.4) is 0 Å². The number of nitrogens with one attached hydrogen (secondary N) is 1. The van der Waals surface area contributed by atoms with Crippen LogP contribution in [0, 0.1) is 11.8 Å². The average molecular weight is 293 g/mol. The van der Waals surface area contributed by atoms with Crippen LogP contribution < -0.4 is 5.32 Å². The van der Waals surface area contributed by atoms with E-state index in [2.05, 4.69) is 11.4 Å². The minimum atomic E-state index is -0.938. The number of hydrogen-bond donors (Lipinski definition) is 2. The molecule has 0 spiro atoms. The first-order chi connectivity index (χ1) is 9.50. The molecule has 1 aromatic rings. The van der Waals surface area contributed by atoms with Crippen LogP contribution >= 0.6 is 11.8 Å². The van der Waals surface area contributed by atoms with E-state index in [1.807, 2.05) is 18.2 Å². The van der Waals surface area contributed by atoms with E-state index < -0.39 is 17.8 Å². The number of carboxylic acids is 1. The van der Waals surface area contributed by atoms with Crippen molar-refractivity contribution < 1.29 is 14.7 Å². The molecule has 5 heteroatoms. The third kappa shape index (κ3) is 3.15. The maximum Gasteiger partial charge on any atom is 0.307 e. The summed E-state index contributed by atoms with van der Waals surface area (Å²) < 4.78 is 0. The lowest BCUT2D eigenvalue weighted by molar-refractivity contribution is -0.146. The van der Waals surface area contributed by atoms with Crippen LogP contribution in [0.1, 0.15) is 31.9 Å². The Bertz CT molecular complexity index is 518. The molecule has 20 heavy (non-hydrogen) atoms. The molecule has 0 aromatic heterocycles. The molecule has 1 heterocycles. The molecule has 0 aliphatic carbocycles. The van der Waals surface area contributed by atoms with Crippen molar-refractivity contribution in [1.82, 2.24) is 5.32 Å². The van der Waals surface area contributed by atoms with Crippen LogP contribution in [0.4, 0.5) is 0 Å². The number of aliphatic carboxylic acids is 1. The highest BCUT2D eigenvalue weighted by molar-refractivity contribution is 7.99. The van der Waals surface area contributed by atoms with E-state index in [9.17, 15) is 9.59 Å². The van der Waals surface area contributed by atoms with Crippen LogP contribution in [0.25, 0.3) is 0 Å². The number of carboxylic acid groups (broad SMARTS) is 1. The molecule has 1 aliphatic heterocycles. The Morgan fingerprint density at radius 1 is 1.30 bits per heavy atom. The van der Waals surface area contributed by atoms with Crippen LogP contribution in [-0.4, -0.2) is 22.7 Å². The van der Waals surface area contributed by atoms with Gasteiger partial charge in [0.05, 0.1) is 12.0 Å². The van der Waals surface area contributed by atoms with Gasteiger partial charge in [0, 0.05) is 16.6 Å². The smallest absolute Gasteiger partial charge is 0.307 e. The zero-order chi connectivity index (χ0) is 14.7. The molecule has 2 N–H and O–H groups in total. The summed E-state index contributed by atoms with van der Waals surface area (Å²) in [6.45, 7) is 3.23. The highest BCUT2D eigenvalue weighted by atomic mass is 32.2. The second-order valence-corrected chi connectivity index (χ2v) is 6.29. The minimum absolute atomic E-state index is 0.0107. The van der Waals surface area contributed by atoms with Gasteiger partial charge in [-0.25, -0.2) is 0 Å². The topological polar surface area (TPSA) is 66.4 Å². The lowest BCUT2D eigenvalue weighted by Crippen LogP contribution is -2.38. The third-order valence-electron chi connectivity index (χ3n) is 3.83.